The third-order valence-electron chi connectivity index (χ3n) is 0.588. The number of rotatable bonds is 0. The van der Waals surface area contributed by atoms with Gasteiger partial charge >= 0.3 is 0 Å². The summed E-state index contributed by atoms with van der Waals surface area (Å²) in [5, 5.41) is 0. The molecule has 0 aromatic heterocycles. The van der Waals surface area contributed by atoms with E-state index >= 15 is 0 Å². The molecule has 1 aliphatic rings. The highest BCUT2D eigenvalue weighted by molar-refractivity contribution is 8.17. The van der Waals surface area contributed by atoms with Crippen molar-refractivity contribution in [2.45, 2.75) is 9.41 Å². The SMILES string of the molecule is SC1NNC(S)S1. The third-order valence-corrected chi connectivity index (χ3v) is 2.33. The lowest BCUT2D eigenvalue weighted by molar-refractivity contribution is 0.656. The molecule has 1 fully saturated rings. The largest absolute Gasteiger partial charge is 0.233 e. The van der Waals surface area contributed by atoms with E-state index in [-0.39, 0.29) is 9.41 Å². The van der Waals surface area contributed by atoms with E-state index in [0.717, 1.165) is 0 Å². The zero-order chi connectivity index (χ0) is 5.28. The Hall–Kier alpha value is 0.970. The first kappa shape index (κ1) is 6.10. The van der Waals surface area contributed by atoms with Crippen LogP contribution < -0.4 is 10.9 Å². The average molecular weight is 154 g/mol. The Kier molecular flexibility index (Phi) is 2.18. The lowest BCUT2D eigenvalue weighted by Gasteiger charge is -1.92. The molecule has 0 radical (unpaired) electrons. The van der Waals surface area contributed by atoms with Crippen molar-refractivity contribution in [3.05, 3.63) is 0 Å². The van der Waals surface area contributed by atoms with Crippen molar-refractivity contribution in [1.82, 2.24) is 10.9 Å². The van der Waals surface area contributed by atoms with Crippen molar-refractivity contribution < 1.29 is 0 Å². The van der Waals surface area contributed by atoms with Crippen LogP contribution in [-0.4, -0.2) is 9.41 Å². The quantitative estimate of drug-likeness (QED) is 0.376. The summed E-state index contributed by atoms with van der Waals surface area (Å²) in [5.74, 6) is 0. The molecule has 0 bridgehead atoms. The number of hydrogen-bond donors (Lipinski definition) is 4. The first-order valence-corrected chi connectivity index (χ1v) is 3.79. The maximum absolute atomic E-state index is 4.09. The van der Waals surface area contributed by atoms with Gasteiger partial charge in [-0.15, -0.1) is 37.0 Å². The van der Waals surface area contributed by atoms with Crippen molar-refractivity contribution in [2.75, 3.05) is 0 Å². The van der Waals surface area contributed by atoms with E-state index in [9.17, 15) is 0 Å². The van der Waals surface area contributed by atoms with Gasteiger partial charge in [0.2, 0.25) is 0 Å². The topological polar surface area (TPSA) is 24.1 Å². The molecule has 2 N–H and O–H groups in total. The van der Waals surface area contributed by atoms with Crippen LogP contribution >= 0.6 is 37.0 Å². The Morgan fingerprint density at radius 3 is 1.71 bits per heavy atom. The van der Waals surface area contributed by atoms with Crippen LogP contribution in [0.3, 0.4) is 0 Å². The van der Waals surface area contributed by atoms with Crippen molar-refractivity contribution in [3.63, 3.8) is 0 Å². The molecule has 0 aromatic rings. The van der Waals surface area contributed by atoms with Gasteiger partial charge < -0.3 is 0 Å². The van der Waals surface area contributed by atoms with Crippen molar-refractivity contribution in [2.24, 2.45) is 0 Å². The van der Waals surface area contributed by atoms with Gasteiger partial charge in [0.15, 0.2) is 0 Å². The first-order valence-electron chi connectivity index (χ1n) is 1.82. The molecule has 0 amide bonds. The minimum atomic E-state index is 0.197. The highest BCUT2D eigenvalue weighted by atomic mass is 32.2. The van der Waals surface area contributed by atoms with Gasteiger partial charge in [0.1, 0.15) is 9.41 Å². The van der Waals surface area contributed by atoms with E-state index < -0.39 is 0 Å². The second-order valence-electron chi connectivity index (χ2n) is 1.13. The Balaban J connectivity index is 2.26. The zero-order valence-electron chi connectivity index (χ0n) is 3.46. The zero-order valence-corrected chi connectivity index (χ0v) is 6.06. The van der Waals surface area contributed by atoms with Crippen LogP contribution in [0.4, 0.5) is 0 Å². The molecule has 1 saturated heterocycles. The summed E-state index contributed by atoms with van der Waals surface area (Å²) in [6.45, 7) is 0. The Labute approximate surface area is 57.6 Å². The predicted molar refractivity (Wildman–Crippen MR) is 39.4 cm³/mol. The first-order chi connectivity index (χ1) is 3.29. The van der Waals surface area contributed by atoms with Crippen LogP contribution in [0, 0.1) is 0 Å². The summed E-state index contributed by atoms with van der Waals surface area (Å²) in [6, 6.07) is 0. The monoisotopic (exact) mass is 154 g/mol. The molecule has 0 aliphatic carbocycles. The minimum absolute atomic E-state index is 0.197. The van der Waals surface area contributed by atoms with Gasteiger partial charge in [-0.1, -0.05) is 0 Å². The lowest BCUT2D eigenvalue weighted by atomic mass is 11.4. The molecule has 2 nitrogen and oxygen atoms in total. The Morgan fingerprint density at radius 1 is 1.14 bits per heavy atom. The molecule has 2 unspecified atom stereocenters. The second-order valence-corrected chi connectivity index (χ2v) is 4.08. The molecule has 7 heavy (non-hydrogen) atoms. The molecular weight excluding hydrogens is 148 g/mol. The maximum Gasteiger partial charge on any atom is 0.112 e. The van der Waals surface area contributed by atoms with Gasteiger partial charge in [-0.05, 0) is 0 Å². The fourth-order valence-corrected chi connectivity index (χ4v) is 2.02. The molecule has 1 aliphatic heterocycles. The molecular formula is C2H6N2S3. The summed E-state index contributed by atoms with van der Waals surface area (Å²) in [4.78, 5) is 0. The van der Waals surface area contributed by atoms with Crippen molar-refractivity contribution in [3.8, 4) is 0 Å². The number of nitrogens with one attached hydrogen (secondary N) is 2. The smallest absolute Gasteiger partial charge is 0.112 e. The van der Waals surface area contributed by atoms with Gasteiger partial charge in [-0.25, -0.2) is 10.9 Å². The van der Waals surface area contributed by atoms with Gasteiger partial charge in [0, 0.05) is 0 Å². The third kappa shape index (κ3) is 1.73. The summed E-state index contributed by atoms with van der Waals surface area (Å²) < 4.78 is 0.394. The number of thioether (sulfide) groups is 1. The maximum atomic E-state index is 4.09. The predicted octanol–water partition coefficient (Wildman–Crippen LogP) is 0.254. The van der Waals surface area contributed by atoms with Gasteiger partial charge in [0.05, 0.1) is 0 Å². The van der Waals surface area contributed by atoms with Crippen LogP contribution in [0.25, 0.3) is 0 Å². The van der Waals surface area contributed by atoms with Crippen LogP contribution in [0.1, 0.15) is 0 Å². The molecule has 5 heteroatoms. The average Bonchev–Trinajstić information content (AvgIpc) is 1.87. The Bertz CT molecular complexity index is 60.0. The van der Waals surface area contributed by atoms with Crippen molar-refractivity contribution >= 4 is 37.0 Å². The number of hydrazine groups is 1. The van der Waals surface area contributed by atoms with E-state index in [1.54, 1.807) is 11.8 Å². The van der Waals surface area contributed by atoms with Crippen LogP contribution in [0.15, 0.2) is 0 Å². The van der Waals surface area contributed by atoms with Gasteiger partial charge in [-0.3, -0.25) is 0 Å². The highest BCUT2D eigenvalue weighted by Crippen LogP contribution is 2.22. The lowest BCUT2D eigenvalue weighted by Crippen LogP contribution is -2.28. The number of hydrogen-bond acceptors (Lipinski definition) is 5. The summed E-state index contributed by atoms with van der Waals surface area (Å²) in [5.41, 5.74) is 5.74. The molecule has 0 spiro atoms. The van der Waals surface area contributed by atoms with E-state index in [1.807, 2.05) is 0 Å². The van der Waals surface area contributed by atoms with Gasteiger partial charge in [0.25, 0.3) is 0 Å². The summed E-state index contributed by atoms with van der Waals surface area (Å²) in [6.07, 6.45) is 0. The van der Waals surface area contributed by atoms with E-state index in [1.165, 1.54) is 0 Å². The van der Waals surface area contributed by atoms with Crippen LogP contribution in [0.5, 0.6) is 0 Å². The van der Waals surface area contributed by atoms with E-state index in [0.29, 0.717) is 0 Å². The van der Waals surface area contributed by atoms with Gasteiger partial charge in [-0.2, -0.15) is 0 Å². The second kappa shape index (κ2) is 2.50. The number of thiol groups is 2. The molecule has 0 aromatic carbocycles. The molecule has 42 valence electrons. The Morgan fingerprint density at radius 2 is 1.57 bits per heavy atom. The fourth-order valence-electron chi connectivity index (χ4n) is 0.333. The molecule has 1 rings (SSSR count). The van der Waals surface area contributed by atoms with E-state index in [4.69, 9.17) is 0 Å². The van der Waals surface area contributed by atoms with Crippen LogP contribution in [0.2, 0.25) is 0 Å². The molecule has 2 atom stereocenters. The van der Waals surface area contributed by atoms with Crippen molar-refractivity contribution in [1.29, 1.82) is 0 Å². The minimum Gasteiger partial charge on any atom is -0.233 e. The fraction of sp³-hybridized carbons (Fsp3) is 1.00. The summed E-state index contributed by atoms with van der Waals surface area (Å²) >= 11 is 9.81. The van der Waals surface area contributed by atoms with E-state index in [2.05, 4.69) is 36.1 Å². The molecule has 0 saturated carbocycles. The normalized spacial score (nSPS) is 42.0. The standard InChI is InChI=1S/C2H6N2S3/c5-1-3-4-2(6)7-1/h1-6H. The van der Waals surface area contributed by atoms with Crippen LogP contribution in [-0.2, 0) is 0 Å². The highest BCUT2D eigenvalue weighted by Gasteiger charge is 2.16. The summed E-state index contributed by atoms with van der Waals surface area (Å²) in [7, 11) is 0. The molecule has 1 heterocycles.